The monoisotopic (exact) mass is 420 g/mol. The van der Waals surface area contributed by atoms with Crippen molar-refractivity contribution in [2.24, 2.45) is 10.9 Å². The van der Waals surface area contributed by atoms with Crippen molar-refractivity contribution in [3.8, 4) is 0 Å². The second-order valence-electron chi connectivity index (χ2n) is 9.59. The molecular formula is C23H44N6O. The quantitative estimate of drug-likeness (QED) is 0.524. The summed E-state index contributed by atoms with van der Waals surface area (Å²) in [5, 5.41) is 3.67. The smallest absolute Gasteiger partial charge is 0.239 e. The van der Waals surface area contributed by atoms with E-state index >= 15 is 0 Å². The molecule has 1 aliphatic carbocycles. The molecule has 1 amide bonds. The van der Waals surface area contributed by atoms with Gasteiger partial charge in [0.15, 0.2) is 5.96 Å². The number of rotatable bonds is 6. The van der Waals surface area contributed by atoms with Gasteiger partial charge in [-0.05, 0) is 52.6 Å². The Morgan fingerprint density at radius 3 is 2.17 bits per heavy atom. The highest BCUT2D eigenvalue weighted by Gasteiger charge is 2.31. The number of carbonyl (C=O) groups is 1. The molecule has 2 aliphatic heterocycles. The zero-order valence-electron chi connectivity index (χ0n) is 19.8. The van der Waals surface area contributed by atoms with Crippen LogP contribution < -0.4 is 5.32 Å². The van der Waals surface area contributed by atoms with Gasteiger partial charge in [0.05, 0.1) is 6.04 Å². The van der Waals surface area contributed by atoms with Gasteiger partial charge in [0, 0.05) is 58.9 Å². The highest BCUT2D eigenvalue weighted by Crippen LogP contribution is 2.28. The van der Waals surface area contributed by atoms with Gasteiger partial charge in [-0.1, -0.05) is 19.3 Å². The third-order valence-electron chi connectivity index (χ3n) is 7.48. The molecular weight excluding hydrogens is 376 g/mol. The van der Waals surface area contributed by atoms with Crippen LogP contribution in [0.1, 0.15) is 51.9 Å². The molecule has 0 radical (unpaired) electrons. The fourth-order valence-electron chi connectivity index (χ4n) is 5.50. The Labute approximate surface area is 183 Å². The van der Waals surface area contributed by atoms with E-state index in [1.54, 1.807) is 0 Å². The average molecular weight is 421 g/mol. The molecule has 3 rings (SSSR count). The maximum absolute atomic E-state index is 12.7. The van der Waals surface area contributed by atoms with Crippen LogP contribution in [-0.4, -0.2) is 111 Å². The van der Waals surface area contributed by atoms with E-state index in [1.165, 1.54) is 32.1 Å². The first-order valence-corrected chi connectivity index (χ1v) is 12.2. The van der Waals surface area contributed by atoms with Crippen LogP contribution in [0.15, 0.2) is 4.99 Å². The van der Waals surface area contributed by atoms with Crippen molar-refractivity contribution in [2.75, 3.05) is 67.0 Å². The van der Waals surface area contributed by atoms with E-state index in [4.69, 9.17) is 0 Å². The first kappa shape index (κ1) is 23.3. The molecule has 172 valence electrons. The van der Waals surface area contributed by atoms with Crippen LogP contribution in [0.25, 0.3) is 0 Å². The van der Waals surface area contributed by atoms with Gasteiger partial charge in [-0.15, -0.1) is 0 Å². The Hall–Kier alpha value is -1.34. The van der Waals surface area contributed by atoms with Crippen molar-refractivity contribution in [3.05, 3.63) is 0 Å². The van der Waals surface area contributed by atoms with Crippen molar-refractivity contribution in [1.82, 2.24) is 24.9 Å². The highest BCUT2D eigenvalue weighted by molar-refractivity contribution is 5.82. The first-order chi connectivity index (χ1) is 14.5. The van der Waals surface area contributed by atoms with Crippen molar-refractivity contribution in [2.45, 2.75) is 64.0 Å². The van der Waals surface area contributed by atoms with E-state index in [2.05, 4.69) is 46.0 Å². The van der Waals surface area contributed by atoms with Crippen LogP contribution in [0, 0.1) is 5.92 Å². The van der Waals surface area contributed by atoms with Crippen LogP contribution in [0.5, 0.6) is 0 Å². The molecule has 0 aromatic heterocycles. The van der Waals surface area contributed by atoms with Crippen molar-refractivity contribution < 1.29 is 4.79 Å². The Kier molecular flexibility index (Phi) is 8.81. The van der Waals surface area contributed by atoms with Crippen LogP contribution in [0.2, 0.25) is 0 Å². The third-order valence-corrected chi connectivity index (χ3v) is 7.48. The number of amides is 1. The van der Waals surface area contributed by atoms with Gasteiger partial charge in [0.1, 0.15) is 0 Å². The molecule has 1 N–H and O–H groups in total. The molecule has 0 aromatic carbocycles. The average Bonchev–Trinajstić information content (AvgIpc) is 3.31. The Bertz CT molecular complexity index is 560. The predicted molar refractivity (Wildman–Crippen MR) is 124 cm³/mol. The minimum absolute atomic E-state index is 0.00959. The molecule has 0 bridgehead atoms. The van der Waals surface area contributed by atoms with Gasteiger partial charge < -0.3 is 20.0 Å². The van der Waals surface area contributed by atoms with Gasteiger partial charge in [-0.2, -0.15) is 0 Å². The largest absolute Gasteiger partial charge is 0.355 e. The number of nitrogens with one attached hydrogen (secondary N) is 1. The summed E-state index contributed by atoms with van der Waals surface area (Å²) in [5.41, 5.74) is 0. The van der Waals surface area contributed by atoms with Gasteiger partial charge in [-0.3, -0.25) is 14.7 Å². The van der Waals surface area contributed by atoms with E-state index in [9.17, 15) is 4.79 Å². The number of aliphatic imine (C=N–C) groups is 1. The lowest BCUT2D eigenvalue weighted by molar-refractivity contribution is -0.135. The molecule has 3 fully saturated rings. The number of likely N-dealkylation sites (tertiary alicyclic amines) is 1. The van der Waals surface area contributed by atoms with Crippen LogP contribution in [0.3, 0.4) is 0 Å². The SMILES string of the molecule is CN=C(NCC(C1CCCCC1)N(C)C)N1CCN(C(C)C(=O)N2CCCC2)CC1. The summed E-state index contributed by atoms with van der Waals surface area (Å²) in [7, 11) is 6.31. The van der Waals surface area contributed by atoms with E-state index in [-0.39, 0.29) is 6.04 Å². The number of guanidine groups is 1. The molecule has 2 saturated heterocycles. The summed E-state index contributed by atoms with van der Waals surface area (Å²) >= 11 is 0. The van der Waals surface area contributed by atoms with E-state index in [1.807, 2.05) is 11.9 Å². The van der Waals surface area contributed by atoms with Gasteiger partial charge in [0.25, 0.3) is 0 Å². The Morgan fingerprint density at radius 1 is 0.967 bits per heavy atom. The number of hydrogen-bond donors (Lipinski definition) is 1. The molecule has 0 aromatic rings. The predicted octanol–water partition coefficient (Wildman–Crippen LogP) is 1.70. The molecule has 0 spiro atoms. The van der Waals surface area contributed by atoms with Crippen molar-refractivity contribution >= 4 is 11.9 Å². The summed E-state index contributed by atoms with van der Waals surface area (Å²) in [6.45, 7) is 8.59. The Morgan fingerprint density at radius 2 is 1.60 bits per heavy atom. The summed E-state index contributed by atoms with van der Waals surface area (Å²) < 4.78 is 0. The molecule has 3 aliphatic rings. The zero-order chi connectivity index (χ0) is 21.5. The molecule has 30 heavy (non-hydrogen) atoms. The topological polar surface area (TPSA) is 54.4 Å². The standard InChI is InChI=1S/C23H44N6O/c1-19(22(30)28-12-8-9-13-28)27-14-16-29(17-15-27)23(24-2)25-18-21(26(3)4)20-10-6-5-7-11-20/h19-21H,5-18H2,1-4H3,(H,24,25). The summed E-state index contributed by atoms with van der Waals surface area (Å²) in [6.07, 6.45) is 9.16. The highest BCUT2D eigenvalue weighted by atomic mass is 16.2. The summed E-state index contributed by atoms with van der Waals surface area (Å²) in [6, 6.07) is 0.547. The van der Waals surface area contributed by atoms with E-state index in [0.717, 1.165) is 70.5 Å². The molecule has 2 unspecified atom stereocenters. The van der Waals surface area contributed by atoms with Crippen LogP contribution >= 0.6 is 0 Å². The van der Waals surface area contributed by atoms with Crippen LogP contribution in [0.4, 0.5) is 0 Å². The second kappa shape index (κ2) is 11.3. The molecule has 2 heterocycles. The van der Waals surface area contributed by atoms with Crippen molar-refractivity contribution in [1.29, 1.82) is 0 Å². The number of carbonyl (C=O) groups excluding carboxylic acids is 1. The molecule has 7 nitrogen and oxygen atoms in total. The minimum Gasteiger partial charge on any atom is -0.355 e. The summed E-state index contributed by atoms with van der Waals surface area (Å²) in [5.74, 6) is 2.11. The molecule has 7 heteroatoms. The summed E-state index contributed by atoms with van der Waals surface area (Å²) in [4.78, 5) is 26.4. The lowest BCUT2D eigenvalue weighted by atomic mass is 9.83. The fourth-order valence-corrected chi connectivity index (χ4v) is 5.50. The van der Waals surface area contributed by atoms with Gasteiger partial charge in [-0.25, -0.2) is 0 Å². The maximum atomic E-state index is 12.7. The normalized spacial score (nSPS) is 24.4. The Balaban J connectivity index is 1.47. The lowest BCUT2D eigenvalue weighted by Crippen LogP contribution is -2.58. The van der Waals surface area contributed by atoms with Gasteiger partial charge in [0.2, 0.25) is 5.91 Å². The van der Waals surface area contributed by atoms with E-state index in [0.29, 0.717) is 11.9 Å². The van der Waals surface area contributed by atoms with Crippen LogP contribution in [-0.2, 0) is 4.79 Å². The minimum atomic E-state index is -0.00959. The maximum Gasteiger partial charge on any atom is 0.239 e. The molecule has 1 saturated carbocycles. The lowest BCUT2D eigenvalue weighted by Gasteiger charge is -2.40. The number of likely N-dealkylation sites (N-methyl/N-ethyl adjacent to an activating group) is 1. The number of nitrogens with zero attached hydrogens (tertiary/aromatic N) is 5. The molecule has 2 atom stereocenters. The number of hydrogen-bond acceptors (Lipinski definition) is 4. The van der Waals surface area contributed by atoms with Crippen molar-refractivity contribution in [3.63, 3.8) is 0 Å². The number of piperazine rings is 1. The second-order valence-corrected chi connectivity index (χ2v) is 9.59. The zero-order valence-corrected chi connectivity index (χ0v) is 19.8. The third kappa shape index (κ3) is 5.88. The van der Waals surface area contributed by atoms with E-state index < -0.39 is 0 Å². The fraction of sp³-hybridized carbons (Fsp3) is 0.913. The first-order valence-electron chi connectivity index (χ1n) is 12.2. The van der Waals surface area contributed by atoms with Gasteiger partial charge >= 0.3 is 0 Å².